The minimum atomic E-state index is -0.0977. The lowest BCUT2D eigenvalue weighted by Gasteiger charge is -2.33. The van der Waals surface area contributed by atoms with E-state index in [9.17, 15) is 4.79 Å². The molecule has 0 unspecified atom stereocenters. The molecule has 2 rings (SSSR count). The van der Waals surface area contributed by atoms with Crippen LogP contribution in [0.3, 0.4) is 0 Å². The molecule has 0 aromatic carbocycles. The van der Waals surface area contributed by atoms with Gasteiger partial charge >= 0.3 is 0 Å². The molecule has 0 bridgehead atoms. The first-order valence-corrected chi connectivity index (χ1v) is 7.01. The van der Waals surface area contributed by atoms with Crippen LogP contribution in [0.4, 0.5) is 5.69 Å². The molecule has 1 aromatic heterocycles. The Morgan fingerprint density at radius 2 is 2.17 bits per heavy atom. The summed E-state index contributed by atoms with van der Waals surface area (Å²) in [6.07, 6.45) is 4.09. The second kappa shape index (κ2) is 5.84. The molecule has 1 aliphatic heterocycles. The van der Waals surface area contributed by atoms with Crippen molar-refractivity contribution >= 4 is 21.6 Å². The molecule has 0 saturated carbocycles. The molecule has 1 aliphatic rings. The molecule has 1 saturated heterocycles. The van der Waals surface area contributed by atoms with E-state index >= 15 is 0 Å². The lowest BCUT2D eigenvalue weighted by Crippen LogP contribution is -2.38. The van der Waals surface area contributed by atoms with Gasteiger partial charge in [0.05, 0.1) is 18.0 Å². The second-order valence-electron chi connectivity index (χ2n) is 4.41. The minimum absolute atomic E-state index is 0.0977. The van der Waals surface area contributed by atoms with Crippen molar-refractivity contribution < 1.29 is 4.74 Å². The maximum Gasteiger partial charge on any atom is 0.282 e. The van der Waals surface area contributed by atoms with Gasteiger partial charge in [-0.15, -0.1) is 0 Å². The van der Waals surface area contributed by atoms with Crippen LogP contribution in [0.25, 0.3) is 0 Å². The lowest BCUT2D eigenvalue weighted by atomic mass is 10.1. The molecule has 5 nitrogen and oxygen atoms in total. The van der Waals surface area contributed by atoms with E-state index in [2.05, 4.69) is 25.9 Å². The van der Waals surface area contributed by atoms with Crippen LogP contribution in [0.2, 0.25) is 0 Å². The minimum Gasteiger partial charge on any atom is -0.378 e. The Morgan fingerprint density at radius 1 is 1.50 bits per heavy atom. The zero-order valence-electron chi connectivity index (χ0n) is 10.7. The summed E-state index contributed by atoms with van der Waals surface area (Å²) in [5, 5.41) is 4.07. The number of hydrogen-bond donors (Lipinski definition) is 0. The van der Waals surface area contributed by atoms with Gasteiger partial charge in [-0.3, -0.25) is 4.79 Å². The largest absolute Gasteiger partial charge is 0.378 e. The van der Waals surface area contributed by atoms with E-state index in [1.807, 2.05) is 6.92 Å². The van der Waals surface area contributed by atoms with Gasteiger partial charge < -0.3 is 9.64 Å². The number of nitrogens with zero attached hydrogens (tertiary/aromatic N) is 3. The highest BCUT2D eigenvalue weighted by Gasteiger charge is 2.22. The highest BCUT2D eigenvalue weighted by Crippen LogP contribution is 2.25. The number of aryl methyl sites for hydroxylation is 1. The number of halogens is 1. The van der Waals surface area contributed by atoms with Crippen LogP contribution in [0, 0.1) is 0 Å². The van der Waals surface area contributed by atoms with E-state index in [4.69, 9.17) is 4.74 Å². The van der Waals surface area contributed by atoms with Gasteiger partial charge in [0.15, 0.2) is 0 Å². The molecule has 1 fully saturated rings. The molecule has 100 valence electrons. The highest BCUT2D eigenvalue weighted by atomic mass is 79.9. The summed E-state index contributed by atoms with van der Waals surface area (Å²) >= 11 is 3.37. The summed E-state index contributed by atoms with van der Waals surface area (Å²) in [5.41, 5.74) is 0.785. The summed E-state index contributed by atoms with van der Waals surface area (Å²) in [7, 11) is 1.65. The zero-order chi connectivity index (χ0) is 13.1. The third kappa shape index (κ3) is 2.75. The summed E-state index contributed by atoms with van der Waals surface area (Å²) in [6, 6.07) is 0. The van der Waals surface area contributed by atoms with E-state index in [1.165, 1.54) is 4.68 Å². The normalized spacial score (nSPS) is 17.2. The molecular weight excluding hydrogens is 298 g/mol. The van der Waals surface area contributed by atoms with Crippen LogP contribution in [0.5, 0.6) is 0 Å². The standard InChI is InChI=1S/C12H18BrN3O2/c1-3-18-9-4-6-16(7-5-9)10-8-14-15(2)12(17)11(10)13/h8-9H,3-7H2,1-2H3. The average Bonchev–Trinajstić information content (AvgIpc) is 2.38. The molecule has 0 N–H and O–H groups in total. The van der Waals surface area contributed by atoms with Crippen LogP contribution in [-0.2, 0) is 11.8 Å². The quantitative estimate of drug-likeness (QED) is 0.849. The van der Waals surface area contributed by atoms with Crippen LogP contribution in [0.1, 0.15) is 19.8 Å². The molecule has 0 aliphatic carbocycles. The lowest BCUT2D eigenvalue weighted by molar-refractivity contribution is 0.0459. The highest BCUT2D eigenvalue weighted by molar-refractivity contribution is 9.10. The van der Waals surface area contributed by atoms with Crippen LogP contribution >= 0.6 is 15.9 Å². The van der Waals surface area contributed by atoms with Crippen molar-refractivity contribution in [2.45, 2.75) is 25.9 Å². The Hall–Kier alpha value is -0.880. The van der Waals surface area contributed by atoms with Gasteiger partial charge in [0.1, 0.15) is 4.47 Å². The predicted octanol–water partition coefficient (Wildman–Crippen LogP) is 1.55. The first kappa shape index (κ1) is 13.5. The molecule has 0 amide bonds. The van der Waals surface area contributed by atoms with Gasteiger partial charge in [-0.25, -0.2) is 4.68 Å². The fourth-order valence-electron chi connectivity index (χ4n) is 2.22. The second-order valence-corrected chi connectivity index (χ2v) is 5.21. The molecule has 0 radical (unpaired) electrons. The maximum absolute atomic E-state index is 11.8. The van der Waals surface area contributed by atoms with E-state index < -0.39 is 0 Å². The van der Waals surface area contributed by atoms with Gasteiger partial charge in [-0.05, 0) is 35.7 Å². The monoisotopic (exact) mass is 315 g/mol. The van der Waals surface area contributed by atoms with Crippen LogP contribution in [0.15, 0.2) is 15.5 Å². The third-order valence-electron chi connectivity index (χ3n) is 3.24. The molecule has 0 spiro atoms. The maximum atomic E-state index is 11.8. The SMILES string of the molecule is CCOC1CCN(c2cnn(C)c(=O)c2Br)CC1. The van der Waals surface area contributed by atoms with Crippen LogP contribution in [-0.4, -0.2) is 35.6 Å². The zero-order valence-corrected chi connectivity index (χ0v) is 12.3. The Bertz CT molecular complexity index is 467. The van der Waals surface area contributed by atoms with Crippen molar-refractivity contribution in [3.63, 3.8) is 0 Å². The smallest absolute Gasteiger partial charge is 0.282 e. The molecule has 18 heavy (non-hydrogen) atoms. The van der Waals surface area contributed by atoms with E-state index in [0.29, 0.717) is 10.6 Å². The Labute approximate surface area is 115 Å². The number of aromatic nitrogens is 2. The average molecular weight is 316 g/mol. The molecule has 2 heterocycles. The Morgan fingerprint density at radius 3 is 2.78 bits per heavy atom. The first-order chi connectivity index (χ1) is 8.63. The van der Waals surface area contributed by atoms with Gasteiger partial charge in [-0.1, -0.05) is 0 Å². The first-order valence-electron chi connectivity index (χ1n) is 6.21. The number of rotatable bonds is 3. The third-order valence-corrected chi connectivity index (χ3v) is 3.99. The van der Waals surface area contributed by atoms with Gasteiger partial charge in [0.2, 0.25) is 0 Å². The number of ether oxygens (including phenoxy) is 1. The summed E-state index contributed by atoms with van der Waals surface area (Å²) in [5.74, 6) is 0. The fourth-order valence-corrected chi connectivity index (χ4v) is 2.83. The summed E-state index contributed by atoms with van der Waals surface area (Å²) in [6.45, 7) is 4.59. The van der Waals surface area contributed by atoms with E-state index in [0.717, 1.165) is 38.2 Å². The molecular formula is C12H18BrN3O2. The summed E-state index contributed by atoms with van der Waals surface area (Å²) in [4.78, 5) is 14.0. The molecule has 0 atom stereocenters. The van der Waals surface area contributed by atoms with Gasteiger partial charge in [0, 0.05) is 26.7 Å². The van der Waals surface area contributed by atoms with E-state index in [1.54, 1.807) is 13.2 Å². The van der Waals surface area contributed by atoms with Crippen molar-refractivity contribution in [1.29, 1.82) is 0 Å². The predicted molar refractivity (Wildman–Crippen MR) is 74.0 cm³/mol. The van der Waals surface area contributed by atoms with Crippen molar-refractivity contribution in [2.75, 3.05) is 24.6 Å². The Kier molecular flexibility index (Phi) is 4.40. The van der Waals surface area contributed by atoms with Gasteiger partial charge in [-0.2, -0.15) is 5.10 Å². The summed E-state index contributed by atoms with van der Waals surface area (Å²) < 4.78 is 7.55. The van der Waals surface area contributed by atoms with Crippen molar-refractivity contribution in [1.82, 2.24) is 9.78 Å². The topological polar surface area (TPSA) is 47.4 Å². The van der Waals surface area contributed by atoms with Crippen molar-refractivity contribution in [3.8, 4) is 0 Å². The van der Waals surface area contributed by atoms with E-state index in [-0.39, 0.29) is 5.56 Å². The molecule has 6 heteroatoms. The van der Waals surface area contributed by atoms with Crippen LogP contribution < -0.4 is 10.5 Å². The number of anilines is 1. The van der Waals surface area contributed by atoms with Gasteiger partial charge in [0.25, 0.3) is 5.56 Å². The van der Waals surface area contributed by atoms with Crippen molar-refractivity contribution in [2.24, 2.45) is 7.05 Å². The molecule has 1 aromatic rings. The fraction of sp³-hybridized carbons (Fsp3) is 0.667. The van der Waals surface area contributed by atoms with Crippen molar-refractivity contribution in [3.05, 3.63) is 21.0 Å². The number of hydrogen-bond acceptors (Lipinski definition) is 4. The number of piperidine rings is 1. The Balaban J connectivity index is 2.10.